The Kier molecular flexibility index (Phi) is 4.54. The molecule has 1 aliphatic rings. The van der Waals surface area contributed by atoms with Crippen molar-refractivity contribution in [3.63, 3.8) is 0 Å². The molecular formula is C9H17FO2. The first-order chi connectivity index (χ1) is 5.83. The summed E-state index contributed by atoms with van der Waals surface area (Å²) < 4.78 is 22.7. The van der Waals surface area contributed by atoms with Crippen LogP contribution in [0.2, 0.25) is 0 Å². The molecule has 2 atom stereocenters. The van der Waals surface area contributed by atoms with Crippen LogP contribution in [0.25, 0.3) is 0 Å². The van der Waals surface area contributed by atoms with Crippen molar-refractivity contribution in [2.45, 2.75) is 32.5 Å². The summed E-state index contributed by atoms with van der Waals surface area (Å²) in [6, 6.07) is 0. The maximum Gasteiger partial charge on any atom is 0.157 e. The van der Waals surface area contributed by atoms with Crippen molar-refractivity contribution in [2.75, 3.05) is 19.9 Å². The summed E-state index contributed by atoms with van der Waals surface area (Å²) in [7, 11) is 0. The van der Waals surface area contributed by atoms with Crippen LogP contribution < -0.4 is 0 Å². The topological polar surface area (TPSA) is 18.5 Å². The highest BCUT2D eigenvalue weighted by Crippen LogP contribution is 2.14. The van der Waals surface area contributed by atoms with Crippen molar-refractivity contribution in [1.82, 2.24) is 0 Å². The number of halogens is 1. The molecule has 1 heterocycles. The minimum absolute atomic E-state index is 0.00414. The largest absolute Gasteiger partial charge is 0.353 e. The van der Waals surface area contributed by atoms with E-state index in [0.29, 0.717) is 6.61 Å². The average Bonchev–Trinajstić information content (AvgIpc) is 2.16. The monoisotopic (exact) mass is 176 g/mol. The van der Waals surface area contributed by atoms with E-state index in [1.807, 2.05) is 6.92 Å². The number of ether oxygens (including phenoxy) is 2. The second-order valence-electron chi connectivity index (χ2n) is 3.39. The molecule has 0 amide bonds. The second-order valence-corrected chi connectivity index (χ2v) is 3.39. The van der Waals surface area contributed by atoms with Crippen LogP contribution in [-0.2, 0) is 9.47 Å². The summed E-state index contributed by atoms with van der Waals surface area (Å²) in [6.07, 6.45) is 3.17. The van der Waals surface area contributed by atoms with E-state index in [2.05, 4.69) is 0 Å². The Morgan fingerprint density at radius 2 is 2.42 bits per heavy atom. The third kappa shape index (κ3) is 3.50. The maximum absolute atomic E-state index is 12.0. The lowest BCUT2D eigenvalue weighted by atomic mass is 10.2. The number of rotatable bonds is 4. The molecule has 1 saturated heterocycles. The molecule has 0 N–H and O–H groups in total. The third-order valence-electron chi connectivity index (χ3n) is 1.97. The SMILES string of the molecule is CC(CF)COC1CCCCO1. The van der Waals surface area contributed by atoms with Gasteiger partial charge in [-0.2, -0.15) is 0 Å². The molecule has 0 aromatic carbocycles. The summed E-state index contributed by atoms with van der Waals surface area (Å²) in [5.74, 6) is -0.00414. The molecule has 72 valence electrons. The van der Waals surface area contributed by atoms with Gasteiger partial charge in [-0.3, -0.25) is 4.39 Å². The zero-order valence-electron chi connectivity index (χ0n) is 7.59. The van der Waals surface area contributed by atoms with Crippen molar-refractivity contribution in [1.29, 1.82) is 0 Å². The fourth-order valence-electron chi connectivity index (χ4n) is 1.16. The smallest absolute Gasteiger partial charge is 0.157 e. The van der Waals surface area contributed by atoms with Gasteiger partial charge in [0.15, 0.2) is 6.29 Å². The molecule has 0 spiro atoms. The Balaban J connectivity index is 2.05. The van der Waals surface area contributed by atoms with Gasteiger partial charge in [-0.25, -0.2) is 0 Å². The van der Waals surface area contributed by atoms with Crippen LogP contribution in [0.15, 0.2) is 0 Å². The molecule has 0 aromatic heterocycles. The zero-order chi connectivity index (χ0) is 8.81. The molecule has 0 bridgehead atoms. The average molecular weight is 176 g/mol. The normalized spacial score (nSPS) is 27.0. The molecule has 0 aliphatic carbocycles. The molecule has 1 rings (SSSR count). The fourth-order valence-corrected chi connectivity index (χ4v) is 1.16. The van der Waals surface area contributed by atoms with Crippen LogP contribution in [0.4, 0.5) is 4.39 Å². The number of alkyl halides is 1. The molecule has 12 heavy (non-hydrogen) atoms. The van der Waals surface area contributed by atoms with Crippen molar-refractivity contribution in [3.05, 3.63) is 0 Å². The Hall–Kier alpha value is -0.150. The first kappa shape index (κ1) is 9.93. The molecule has 3 heteroatoms. The summed E-state index contributed by atoms with van der Waals surface area (Å²) in [5, 5.41) is 0. The van der Waals surface area contributed by atoms with Gasteiger partial charge in [0, 0.05) is 12.5 Å². The first-order valence-electron chi connectivity index (χ1n) is 4.62. The predicted molar refractivity (Wildman–Crippen MR) is 44.7 cm³/mol. The van der Waals surface area contributed by atoms with Crippen LogP contribution in [0.1, 0.15) is 26.2 Å². The van der Waals surface area contributed by atoms with Gasteiger partial charge in [0.2, 0.25) is 0 Å². The van der Waals surface area contributed by atoms with E-state index in [4.69, 9.17) is 9.47 Å². The fraction of sp³-hybridized carbons (Fsp3) is 1.00. The van der Waals surface area contributed by atoms with Crippen LogP contribution in [0.5, 0.6) is 0 Å². The van der Waals surface area contributed by atoms with Gasteiger partial charge in [-0.05, 0) is 19.3 Å². The summed E-state index contributed by atoms with van der Waals surface area (Å²) in [6.45, 7) is 2.78. The Labute approximate surface area is 73.0 Å². The van der Waals surface area contributed by atoms with Gasteiger partial charge in [-0.1, -0.05) is 6.92 Å². The molecule has 1 aliphatic heterocycles. The van der Waals surface area contributed by atoms with Gasteiger partial charge in [-0.15, -0.1) is 0 Å². The van der Waals surface area contributed by atoms with Crippen molar-refractivity contribution < 1.29 is 13.9 Å². The summed E-state index contributed by atoms with van der Waals surface area (Å²) >= 11 is 0. The van der Waals surface area contributed by atoms with E-state index in [-0.39, 0.29) is 18.9 Å². The highest BCUT2D eigenvalue weighted by atomic mass is 19.1. The highest BCUT2D eigenvalue weighted by Gasteiger charge is 2.14. The van der Waals surface area contributed by atoms with Crippen LogP contribution >= 0.6 is 0 Å². The van der Waals surface area contributed by atoms with E-state index in [1.165, 1.54) is 0 Å². The van der Waals surface area contributed by atoms with Crippen molar-refractivity contribution >= 4 is 0 Å². The van der Waals surface area contributed by atoms with Gasteiger partial charge < -0.3 is 9.47 Å². The standard InChI is InChI=1S/C9H17FO2/c1-8(6-10)7-12-9-4-2-3-5-11-9/h8-9H,2-7H2,1H3. The van der Waals surface area contributed by atoms with Crippen molar-refractivity contribution in [3.8, 4) is 0 Å². The molecule has 0 radical (unpaired) electrons. The molecule has 0 aromatic rings. The summed E-state index contributed by atoms with van der Waals surface area (Å²) in [4.78, 5) is 0. The second kappa shape index (κ2) is 5.49. The van der Waals surface area contributed by atoms with Gasteiger partial charge in [0.1, 0.15) is 0 Å². The van der Waals surface area contributed by atoms with Crippen LogP contribution in [-0.4, -0.2) is 26.2 Å². The molecule has 2 unspecified atom stereocenters. The lowest BCUT2D eigenvalue weighted by Crippen LogP contribution is -2.24. The third-order valence-corrected chi connectivity index (χ3v) is 1.97. The van der Waals surface area contributed by atoms with E-state index >= 15 is 0 Å². The minimum Gasteiger partial charge on any atom is -0.353 e. The van der Waals surface area contributed by atoms with E-state index in [0.717, 1.165) is 25.9 Å². The highest BCUT2D eigenvalue weighted by molar-refractivity contribution is 4.55. The zero-order valence-corrected chi connectivity index (χ0v) is 7.59. The minimum atomic E-state index is -0.313. The molecular weight excluding hydrogens is 159 g/mol. The number of hydrogen-bond donors (Lipinski definition) is 0. The Bertz CT molecular complexity index is 113. The van der Waals surface area contributed by atoms with E-state index < -0.39 is 0 Å². The predicted octanol–water partition coefficient (Wildman–Crippen LogP) is 2.14. The lowest BCUT2D eigenvalue weighted by Gasteiger charge is -2.23. The number of hydrogen-bond acceptors (Lipinski definition) is 2. The molecule has 0 saturated carbocycles. The van der Waals surface area contributed by atoms with Gasteiger partial charge in [0.05, 0.1) is 13.3 Å². The van der Waals surface area contributed by atoms with Gasteiger partial charge >= 0.3 is 0 Å². The molecule has 2 nitrogen and oxygen atoms in total. The lowest BCUT2D eigenvalue weighted by molar-refractivity contribution is -0.168. The van der Waals surface area contributed by atoms with Gasteiger partial charge in [0.25, 0.3) is 0 Å². The Morgan fingerprint density at radius 1 is 1.58 bits per heavy atom. The Morgan fingerprint density at radius 3 is 3.00 bits per heavy atom. The van der Waals surface area contributed by atoms with E-state index in [9.17, 15) is 4.39 Å². The maximum atomic E-state index is 12.0. The summed E-state index contributed by atoms with van der Waals surface area (Å²) in [5.41, 5.74) is 0. The first-order valence-corrected chi connectivity index (χ1v) is 4.62. The van der Waals surface area contributed by atoms with Crippen molar-refractivity contribution in [2.24, 2.45) is 5.92 Å². The van der Waals surface area contributed by atoms with E-state index in [1.54, 1.807) is 0 Å². The van der Waals surface area contributed by atoms with Crippen LogP contribution in [0, 0.1) is 5.92 Å². The quantitative estimate of drug-likeness (QED) is 0.653. The van der Waals surface area contributed by atoms with Crippen LogP contribution in [0.3, 0.4) is 0 Å². The molecule has 1 fully saturated rings.